The number of hydrogen-bond acceptors (Lipinski definition) is 3. The molecule has 1 aliphatic heterocycles. The number of thioether (sulfide) groups is 1. The zero-order chi connectivity index (χ0) is 11.5. The Kier molecular flexibility index (Phi) is 4.46. The lowest BCUT2D eigenvalue weighted by molar-refractivity contribution is -0.132. The van der Waals surface area contributed by atoms with Crippen molar-refractivity contribution < 1.29 is 4.79 Å². The number of carbonyl (C=O) groups is 1. The van der Waals surface area contributed by atoms with Gasteiger partial charge in [0.05, 0.1) is 6.04 Å². The van der Waals surface area contributed by atoms with Crippen molar-refractivity contribution in [2.45, 2.75) is 44.4 Å². The Balaban J connectivity index is 2.54. The van der Waals surface area contributed by atoms with Gasteiger partial charge in [0.1, 0.15) is 0 Å². The summed E-state index contributed by atoms with van der Waals surface area (Å²) in [7, 11) is 0. The predicted octanol–water partition coefficient (Wildman–Crippen LogP) is 1.47. The third-order valence-electron chi connectivity index (χ3n) is 2.91. The molecule has 3 nitrogen and oxygen atoms in total. The molecule has 0 bridgehead atoms. The molecule has 1 amide bonds. The van der Waals surface area contributed by atoms with Crippen LogP contribution in [0.1, 0.15) is 33.6 Å². The van der Waals surface area contributed by atoms with Gasteiger partial charge in [0.15, 0.2) is 0 Å². The van der Waals surface area contributed by atoms with Gasteiger partial charge in [-0.2, -0.15) is 11.8 Å². The van der Waals surface area contributed by atoms with Crippen LogP contribution in [-0.4, -0.2) is 40.4 Å². The first-order valence-corrected chi connectivity index (χ1v) is 6.63. The molecule has 0 spiro atoms. The van der Waals surface area contributed by atoms with E-state index in [2.05, 4.69) is 13.8 Å². The highest BCUT2D eigenvalue weighted by atomic mass is 32.2. The van der Waals surface area contributed by atoms with Crippen molar-refractivity contribution in [2.75, 3.05) is 18.8 Å². The van der Waals surface area contributed by atoms with Crippen molar-refractivity contribution in [1.29, 1.82) is 0 Å². The molecule has 0 aromatic carbocycles. The molecule has 1 saturated heterocycles. The van der Waals surface area contributed by atoms with Crippen molar-refractivity contribution in [1.82, 2.24) is 4.90 Å². The lowest BCUT2D eigenvalue weighted by atomic mass is 10.1. The van der Waals surface area contributed by atoms with E-state index in [-0.39, 0.29) is 11.9 Å². The van der Waals surface area contributed by atoms with Crippen LogP contribution in [0, 0.1) is 0 Å². The highest BCUT2D eigenvalue weighted by molar-refractivity contribution is 8.00. The van der Waals surface area contributed by atoms with Gasteiger partial charge < -0.3 is 10.6 Å². The summed E-state index contributed by atoms with van der Waals surface area (Å²) in [6.45, 7) is 8.14. The van der Waals surface area contributed by atoms with Gasteiger partial charge in [-0.05, 0) is 12.8 Å². The maximum Gasteiger partial charge on any atom is 0.239 e. The van der Waals surface area contributed by atoms with Crippen molar-refractivity contribution in [3.8, 4) is 0 Å². The Morgan fingerprint density at radius 3 is 2.80 bits per heavy atom. The van der Waals surface area contributed by atoms with Crippen molar-refractivity contribution in [3.05, 3.63) is 0 Å². The van der Waals surface area contributed by atoms with Crippen LogP contribution in [0.25, 0.3) is 0 Å². The van der Waals surface area contributed by atoms with E-state index in [1.165, 1.54) is 0 Å². The monoisotopic (exact) mass is 230 g/mol. The van der Waals surface area contributed by atoms with Crippen LogP contribution in [0.15, 0.2) is 0 Å². The van der Waals surface area contributed by atoms with Gasteiger partial charge in [-0.25, -0.2) is 0 Å². The van der Waals surface area contributed by atoms with Gasteiger partial charge >= 0.3 is 0 Å². The fourth-order valence-electron chi connectivity index (χ4n) is 1.65. The topological polar surface area (TPSA) is 46.3 Å². The second-order valence-corrected chi connectivity index (χ2v) is 6.50. The number of carbonyl (C=O) groups excluding carboxylic acids is 1. The molecule has 1 rings (SSSR count). The molecule has 1 unspecified atom stereocenters. The molecule has 4 heteroatoms. The molecule has 0 saturated carbocycles. The summed E-state index contributed by atoms with van der Waals surface area (Å²) >= 11 is 1.95. The average molecular weight is 230 g/mol. The summed E-state index contributed by atoms with van der Waals surface area (Å²) in [6, 6.07) is -0.309. The molecule has 0 aromatic rings. The second kappa shape index (κ2) is 5.21. The van der Waals surface area contributed by atoms with Crippen LogP contribution >= 0.6 is 11.8 Å². The highest BCUT2D eigenvalue weighted by Gasteiger charge is 2.27. The van der Waals surface area contributed by atoms with Gasteiger partial charge in [0.2, 0.25) is 5.91 Å². The minimum Gasteiger partial charge on any atom is -0.340 e. The van der Waals surface area contributed by atoms with Gasteiger partial charge in [0.25, 0.3) is 0 Å². The Morgan fingerprint density at radius 2 is 2.20 bits per heavy atom. The molecule has 1 heterocycles. The lowest BCUT2D eigenvalue weighted by Gasteiger charge is -2.24. The van der Waals surface area contributed by atoms with E-state index >= 15 is 0 Å². The second-order valence-electron chi connectivity index (χ2n) is 4.70. The van der Waals surface area contributed by atoms with Gasteiger partial charge in [-0.1, -0.05) is 20.8 Å². The number of hydrogen-bond donors (Lipinski definition) is 1. The van der Waals surface area contributed by atoms with Crippen molar-refractivity contribution >= 4 is 17.7 Å². The summed E-state index contributed by atoms with van der Waals surface area (Å²) in [4.78, 5) is 13.8. The fraction of sp³-hybridized carbons (Fsp3) is 0.909. The van der Waals surface area contributed by atoms with E-state index in [4.69, 9.17) is 5.73 Å². The normalized spacial score (nSPS) is 23.3. The smallest absolute Gasteiger partial charge is 0.239 e. The zero-order valence-corrected chi connectivity index (χ0v) is 10.8. The Hall–Kier alpha value is -0.220. The first-order valence-electron chi connectivity index (χ1n) is 5.64. The standard InChI is InChI=1S/C11H22N2OS/c1-4-9(12)10(14)13-6-5-11(2,3)15-8-7-13/h9H,4-8,12H2,1-3H3. The summed E-state index contributed by atoms with van der Waals surface area (Å²) in [5, 5.41) is 0. The summed E-state index contributed by atoms with van der Waals surface area (Å²) in [5.74, 6) is 1.14. The number of amides is 1. The van der Waals surface area contributed by atoms with E-state index in [0.29, 0.717) is 4.75 Å². The number of nitrogens with two attached hydrogens (primary N) is 1. The molecule has 88 valence electrons. The third kappa shape index (κ3) is 3.68. The molecule has 0 aromatic heterocycles. The molecular formula is C11H22N2OS. The van der Waals surface area contributed by atoms with Crippen molar-refractivity contribution in [3.63, 3.8) is 0 Å². The first-order chi connectivity index (χ1) is 6.96. The van der Waals surface area contributed by atoms with Crippen LogP contribution < -0.4 is 5.73 Å². The molecule has 1 aliphatic rings. The van der Waals surface area contributed by atoms with Crippen molar-refractivity contribution in [2.24, 2.45) is 5.73 Å². The van der Waals surface area contributed by atoms with Gasteiger partial charge in [-0.3, -0.25) is 4.79 Å². The zero-order valence-electron chi connectivity index (χ0n) is 9.95. The molecule has 15 heavy (non-hydrogen) atoms. The number of rotatable bonds is 2. The fourth-order valence-corrected chi connectivity index (χ4v) is 2.75. The molecule has 0 aliphatic carbocycles. The minimum absolute atomic E-state index is 0.121. The van der Waals surface area contributed by atoms with Gasteiger partial charge in [0, 0.05) is 23.6 Å². The quantitative estimate of drug-likeness (QED) is 0.781. The highest BCUT2D eigenvalue weighted by Crippen LogP contribution is 2.30. The van der Waals surface area contributed by atoms with E-state index in [1.807, 2.05) is 23.6 Å². The largest absolute Gasteiger partial charge is 0.340 e. The molecule has 2 N–H and O–H groups in total. The van der Waals surface area contributed by atoms with Crippen LogP contribution in [0.3, 0.4) is 0 Å². The maximum atomic E-state index is 11.9. The molecule has 1 atom stereocenters. The first kappa shape index (κ1) is 12.8. The third-order valence-corrected chi connectivity index (χ3v) is 4.28. The summed E-state index contributed by atoms with van der Waals surface area (Å²) < 4.78 is 0.297. The Bertz CT molecular complexity index is 231. The van der Waals surface area contributed by atoms with Crippen LogP contribution in [-0.2, 0) is 4.79 Å². The minimum atomic E-state index is -0.309. The molecule has 1 fully saturated rings. The van der Waals surface area contributed by atoms with E-state index < -0.39 is 0 Å². The average Bonchev–Trinajstić information content (AvgIpc) is 2.37. The van der Waals surface area contributed by atoms with E-state index in [0.717, 1.165) is 31.7 Å². The Morgan fingerprint density at radius 1 is 1.53 bits per heavy atom. The van der Waals surface area contributed by atoms with E-state index in [1.54, 1.807) is 0 Å². The van der Waals surface area contributed by atoms with Gasteiger partial charge in [-0.15, -0.1) is 0 Å². The number of nitrogens with zero attached hydrogens (tertiary/aromatic N) is 1. The summed E-state index contributed by atoms with van der Waals surface area (Å²) in [5.41, 5.74) is 5.77. The van der Waals surface area contributed by atoms with Crippen LogP contribution in [0.2, 0.25) is 0 Å². The van der Waals surface area contributed by atoms with Crippen LogP contribution in [0.5, 0.6) is 0 Å². The molecular weight excluding hydrogens is 208 g/mol. The predicted molar refractivity (Wildman–Crippen MR) is 66.0 cm³/mol. The lowest BCUT2D eigenvalue weighted by Crippen LogP contribution is -2.44. The van der Waals surface area contributed by atoms with Crippen LogP contribution in [0.4, 0.5) is 0 Å². The van der Waals surface area contributed by atoms with E-state index in [9.17, 15) is 4.79 Å². The summed E-state index contributed by atoms with van der Waals surface area (Å²) in [6.07, 6.45) is 1.78. The molecule has 0 radical (unpaired) electrons. The SMILES string of the molecule is CCC(N)C(=O)N1CCSC(C)(C)CC1. The Labute approximate surface area is 96.8 Å². The maximum absolute atomic E-state index is 11.9.